The summed E-state index contributed by atoms with van der Waals surface area (Å²) in [4.78, 5) is 17.7. The van der Waals surface area contributed by atoms with Crippen molar-refractivity contribution in [2.75, 3.05) is 18.0 Å². The van der Waals surface area contributed by atoms with Gasteiger partial charge in [0.25, 0.3) is 5.91 Å². The molecule has 2 aliphatic rings. The molecular formula is C24H24BrN3O2. The Labute approximate surface area is 184 Å². The van der Waals surface area contributed by atoms with Gasteiger partial charge in [-0.2, -0.15) is 0 Å². The largest absolute Gasteiger partial charge is 0.340 e. The summed E-state index contributed by atoms with van der Waals surface area (Å²) in [5.74, 6) is 0.880. The second kappa shape index (κ2) is 8.26. The Morgan fingerprint density at radius 3 is 2.57 bits per heavy atom. The first-order chi connectivity index (χ1) is 14.7. The lowest BCUT2D eigenvalue weighted by Gasteiger charge is -2.24. The van der Waals surface area contributed by atoms with E-state index in [4.69, 9.17) is 4.52 Å². The van der Waals surface area contributed by atoms with Crippen molar-refractivity contribution in [1.29, 1.82) is 0 Å². The Bertz CT molecular complexity index is 1040. The van der Waals surface area contributed by atoms with E-state index in [0.29, 0.717) is 12.1 Å². The highest BCUT2D eigenvalue weighted by atomic mass is 79.9. The maximum atomic E-state index is 13.4. The first-order valence-corrected chi connectivity index (χ1v) is 11.4. The summed E-state index contributed by atoms with van der Waals surface area (Å²) >= 11 is 3.49. The molecule has 1 aliphatic heterocycles. The van der Waals surface area contributed by atoms with Crippen LogP contribution >= 0.6 is 15.9 Å². The number of benzene rings is 2. The topological polar surface area (TPSA) is 49.6 Å². The van der Waals surface area contributed by atoms with Crippen LogP contribution in [0.2, 0.25) is 0 Å². The van der Waals surface area contributed by atoms with Crippen molar-refractivity contribution in [2.24, 2.45) is 0 Å². The highest BCUT2D eigenvalue weighted by Crippen LogP contribution is 2.37. The van der Waals surface area contributed by atoms with Crippen LogP contribution in [0.5, 0.6) is 0 Å². The SMILES string of the molecule is O=C(c1cccc(Br)c1)N(Cc1c(-c2ccccc2)noc1N1CCCC1)C1CC1. The zero-order valence-electron chi connectivity index (χ0n) is 16.8. The highest BCUT2D eigenvalue weighted by Gasteiger charge is 2.36. The van der Waals surface area contributed by atoms with Crippen molar-refractivity contribution in [3.63, 3.8) is 0 Å². The van der Waals surface area contributed by atoms with Gasteiger partial charge in [0.2, 0.25) is 5.88 Å². The first-order valence-electron chi connectivity index (χ1n) is 10.6. The third-order valence-corrected chi connectivity index (χ3v) is 6.35. The molecule has 2 aromatic carbocycles. The van der Waals surface area contributed by atoms with Crippen molar-refractivity contribution in [1.82, 2.24) is 10.1 Å². The van der Waals surface area contributed by atoms with E-state index in [2.05, 4.69) is 26.0 Å². The Kier molecular flexibility index (Phi) is 5.34. The molecule has 1 saturated carbocycles. The van der Waals surface area contributed by atoms with Crippen molar-refractivity contribution in [3.8, 4) is 11.3 Å². The monoisotopic (exact) mass is 465 g/mol. The average Bonchev–Trinajstić information content (AvgIpc) is 3.30. The molecule has 5 rings (SSSR count). The van der Waals surface area contributed by atoms with Crippen LogP contribution in [0.1, 0.15) is 41.6 Å². The van der Waals surface area contributed by atoms with E-state index >= 15 is 0 Å². The van der Waals surface area contributed by atoms with Gasteiger partial charge in [0.1, 0.15) is 5.69 Å². The second-order valence-corrected chi connectivity index (χ2v) is 8.97. The highest BCUT2D eigenvalue weighted by molar-refractivity contribution is 9.10. The standard InChI is InChI=1S/C24H24BrN3O2/c25-19-10-6-9-18(15-19)23(29)28(20-11-12-20)16-21-22(17-7-2-1-3-8-17)26-30-24(21)27-13-4-5-14-27/h1-3,6-10,15,20H,4-5,11-14,16H2. The molecule has 0 bridgehead atoms. The van der Waals surface area contributed by atoms with Gasteiger partial charge in [-0.1, -0.05) is 57.5 Å². The van der Waals surface area contributed by atoms with Gasteiger partial charge in [-0.3, -0.25) is 4.79 Å². The molecule has 1 saturated heterocycles. The van der Waals surface area contributed by atoms with Crippen molar-refractivity contribution >= 4 is 27.7 Å². The Hall–Kier alpha value is -2.60. The van der Waals surface area contributed by atoms with Crippen molar-refractivity contribution < 1.29 is 9.32 Å². The van der Waals surface area contributed by atoms with E-state index in [9.17, 15) is 4.79 Å². The number of halogens is 1. The van der Waals surface area contributed by atoms with Gasteiger partial charge in [0, 0.05) is 34.7 Å². The summed E-state index contributed by atoms with van der Waals surface area (Å²) in [6.07, 6.45) is 4.41. The quantitative estimate of drug-likeness (QED) is 0.481. The smallest absolute Gasteiger partial charge is 0.254 e. The molecule has 0 spiro atoms. The molecule has 1 aromatic heterocycles. The Morgan fingerprint density at radius 2 is 1.87 bits per heavy atom. The molecule has 1 aliphatic carbocycles. The van der Waals surface area contributed by atoms with E-state index in [1.165, 1.54) is 0 Å². The molecule has 30 heavy (non-hydrogen) atoms. The molecule has 0 N–H and O–H groups in total. The average molecular weight is 466 g/mol. The van der Waals surface area contributed by atoms with E-state index < -0.39 is 0 Å². The summed E-state index contributed by atoms with van der Waals surface area (Å²) in [5.41, 5.74) is 3.58. The summed E-state index contributed by atoms with van der Waals surface area (Å²) in [7, 11) is 0. The van der Waals surface area contributed by atoms with Gasteiger partial charge in [0.15, 0.2) is 0 Å². The molecule has 2 fully saturated rings. The molecule has 154 valence electrons. The fourth-order valence-corrected chi connectivity index (χ4v) is 4.54. The van der Waals surface area contributed by atoms with E-state index in [1.54, 1.807) is 0 Å². The van der Waals surface area contributed by atoms with Crippen LogP contribution in [0.3, 0.4) is 0 Å². The predicted molar refractivity (Wildman–Crippen MR) is 120 cm³/mol. The van der Waals surface area contributed by atoms with Crippen LogP contribution in [0.4, 0.5) is 5.88 Å². The number of hydrogen-bond donors (Lipinski definition) is 0. The molecule has 3 aromatic rings. The Balaban J connectivity index is 1.52. The van der Waals surface area contributed by atoms with Crippen LogP contribution in [0, 0.1) is 0 Å². The molecule has 0 atom stereocenters. The van der Waals surface area contributed by atoms with Crippen molar-refractivity contribution in [3.05, 3.63) is 70.2 Å². The van der Waals surface area contributed by atoms with Gasteiger partial charge in [-0.15, -0.1) is 0 Å². The number of nitrogens with zero attached hydrogens (tertiary/aromatic N) is 3. The van der Waals surface area contributed by atoms with Gasteiger partial charge >= 0.3 is 0 Å². The zero-order chi connectivity index (χ0) is 20.5. The zero-order valence-corrected chi connectivity index (χ0v) is 18.3. The van der Waals surface area contributed by atoms with Crippen LogP contribution < -0.4 is 4.90 Å². The minimum atomic E-state index is 0.0615. The number of rotatable bonds is 6. The van der Waals surface area contributed by atoms with Gasteiger partial charge in [0.05, 0.1) is 12.1 Å². The van der Waals surface area contributed by atoms with E-state index in [1.807, 2.05) is 59.5 Å². The number of aromatic nitrogens is 1. The number of carbonyl (C=O) groups is 1. The number of amides is 1. The van der Waals surface area contributed by atoms with Crippen LogP contribution in [0.25, 0.3) is 11.3 Å². The summed E-state index contributed by atoms with van der Waals surface area (Å²) in [5, 5.41) is 4.45. The minimum absolute atomic E-state index is 0.0615. The third kappa shape index (κ3) is 3.88. The summed E-state index contributed by atoms with van der Waals surface area (Å²) in [6.45, 7) is 2.45. The lowest BCUT2D eigenvalue weighted by atomic mass is 10.1. The van der Waals surface area contributed by atoms with Gasteiger partial charge < -0.3 is 14.3 Å². The van der Waals surface area contributed by atoms with Gasteiger partial charge in [-0.05, 0) is 43.9 Å². The third-order valence-electron chi connectivity index (χ3n) is 5.86. The van der Waals surface area contributed by atoms with Crippen LogP contribution in [0.15, 0.2) is 63.6 Å². The van der Waals surface area contributed by atoms with E-state index in [-0.39, 0.29) is 11.9 Å². The molecule has 0 unspecified atom stereocenters. The lowest BCUT2D eigenvalue weighted by molar-refractivity contribution is 0.0730. The number of carbonyl (C=O) groups excluding carboxylic acids is 1. The van der Waals surface area contributed by atoms with Crippen LogP contribution in [-0.2, 0) is 6.54 Å². The van der Waals surface area contributed by atoms with E-state index in [0.717, 1.165) is 66.0 Å². The van der Waals surface area contributed by atoms with Gasteiger partial charge in [-0.25, -0.2) is 0 Å². The molecule has 6 heteroatoms. The molecular weight excluding hydrogens is 442 g/mol. The Morgan fingerprint density at radius 1 is 1.10 bits per heavy atom. The van der Waals surface area contributed by atoms with Crippen molar-refractivity contribution in [2.45, 2.75) is 38.3 Å². The number of anilines is 1. The summed E-state index contributed by atoms with van der Waals surface area (Å²) < 4.78 is 6.78. The second-order valence-electron chi connectivity index (χ2n) is 8.05. The minimum Gasteiger partial charge on any atom is -0.340 e. The summed E-state index contributed by atoms with van der Waals surface area (Å²) in [6, 6.07) is 18.0. The lowest BCUT2D eigenvalue weighted by Crippen LogP contribution is -2.33. The maximum absolute atomic E-state index is 13.4. The maximum Gasteiger partial charge on any atom is 0.254 e. The first kappa shape index (κ1) is 19.4. The predicted octanol–water partition coefficient (Wildman–Crippen LogP) is 5.51. The molecule has 1 amide bonds. The normalized spacial score (nSPS) is 16.1. The van der Waals surface area contributed by atoms with Crippen LogP contribution in [-0.4, -0.2) is 35.1 Å². The fraction of sp³-hybridized carbons (Fsp3) is 0.333. The molecule has 2 heterocycles. The molecule has 0 radical (unpaired) electrons. The number of hydrogen-bond acceptors (Lipinski definition) is 4. The molecule has 5 nitrogen and oxygen atoms in total. The fourth-order valence-electron chi connectivity index (χ4n) is 4.15.